The number of carbonyl (C=O) groups is 1. The van der Waals surface area contributed by atoms with Crippen molar-refractivity contribution in [3.63, 3.8) is 0 Å². The van der Waals surface area contributed by atoms with Crippen molar-refractivity contribution in [1.82, 2.24) is 16.0 Å². The lowest BCUT2D eigenvalue weighted by molar-refractivity contribution is 0.135. The van der Waals surface area contributed by atoms with Gasteiger partial charge in [0, 0.05) is 31.6 Å². The van der Waals surface area contributed by atoms with Crippen molar-refractivity contribution < 1.29 is 9.90 Å². The molecule has 0 saturated carbocycles. The molecule has 7 heteroatoms. The molecular weight excluding hydrogens is 312 g/mol. The number of nitrogens with one attached hydrogen (secondary N) is 3. The zero-order chi connectivity index (χ0) is 16.7. The first-order chi connectivity index (χ1) is 11.0. The number of amides is 2. The number of rotatable bonds is 7. The standard InChI is InChI=1S/C16H26N4O2S/c1-11(6-13-3-5-23-10-13)20-16(22)19-9-14(17)7-12-2-4-18-15(21)8-12/h2-3,5,10-11,14-15,18,21H,4,6-9,17H2,1H3,(H2,19,20,22)/t11-,14-,15?/m0/s1. The molecule has 3 atom stereocenters. The van der Waals surface area contributed by atoms with Gasteiger partial charge in [-0.2, -0.15) is 11.3 Å². The second-order valence-electron chi connectivity index (χ2n) is 6.05. The van der Waals surface area contributed by atoms with Crippen molar-refractivity contribution >= 4 is 17.4 Å². The first-order valence-electron chi connectivity index (χ1n) is 7.93. The third-order valence-corrected chi connectivity index (χ3v) is 4.48. The molecule has 0 bridgehead atoms. The van der Waals surface area contributed by atoms with Gasteiger partial charge in [0.2, 0.25) is 0 Å². The maximum Gasteiger partial charge on any atom is 0.315 e. The molecule has 0 aliphatic carbocycles. The minimum Gasteiger partial charge on any atom is -0.378 e. The first-order valence-corrected chi connectivity index (χ1v) is 8.87. The van der Waals surface area contributed by atoms with Crippen LogP contribution in [0, 0.1) is 0 Å². The number of aliphatic hydroxyl groups excluding tert-OH is 1. The highest BCUT2D eigenvalue weighted by Gasteiger charge is 2.15. The van der Waals surface area contributed by atoms with Crippen LogP contribution in [0.15, 0.2) is 28.5 Å². The molecule has 0 spiro atoms. The summed E-state index contributed by atoms with van der Waals surface area (Å²) in [6.45, 7) is 3.06. The fourth-order valence-corrected chi connectivity index (χ4v) is 3.31. The van der Waals surface area contributed by atoms with E-state index in [4.69, 9.17) is 5.73 Å². The molecule has 23 heavy (non-hydrogen) atoms. The highest BCUT2D eigenvalue weighted by molar-refractivity contribution is 7.07. The summed E-state index contributed by atoms with van der Waals surface area (Å²) in [5.74, 6) is 0. The van der Waals surface area contributed by atoms with Crippen LogP contribution in [0.1, 0.15) is 25.3 Å². The van der Waals surface area contributed by atoms with Crippen LogP contribution >= 0.6 is 11.3 Å². The van der Waals surface area contributed by atoms with E-state index >= 15 is 0 Å². The van der Waals surface area contributed by atoms with E-state index in [1.807, 2.05) is 12.3 Å². The van der Waals surface area contributed by atoms with Gasteiger partial charge in [-0.25, -0.2) is 4.79 Å². The van der Waals surface area contributed by atoms with Crippen molar-refractivity contribution in [2.75, 3.05) is 13.1 Å². The Balaban J connectivity index is 1.64. The summed E-state index contributed by atoms with van der Waals surface area (Å²) in [6.07, 6.45) is 3.66. The van der Waals surface area contributed by atoms with Gasteiger partial charge in [0.05, 0.1) is 0 Å². The molecule has 1 unspecified atom stereocenters. The van der Waals surface area contributed by atoms with Crippen molar-refractivity contribution in [3.05, 3.63) is 34.0 Å². The predicted octanol–water partition coefficient (Wildman–Crippen LogP) is 0.934. The van der Waals surface area contributed by atoms with E-state index in [2.05, 4.69) is 33.5 Å². The van der Waals surface area contributed by atoms with Crippen LogP contribution in [0.25, 0.3) is 0 Å². The Hall–Kier alpha value is -1.41. The molecule has 0 fully saturated rings. The van der Waals surface area contributed by atoms with E-state index in [0.717, 1.165) is 12.0 Å². The molecule has 0 radical (unpaired) electrons. The molecule has 128 valence electrons. The highest BCUT2D eigenvalue weighted by atomic mass is 32.1. The normalized spacial score (nSPS) is 20.5. The molecule has 2 rings (SSSR count). The van der Waals surface area contributed by atoms with Gasteiger partial charge in [-0.15, -0.1) is 0 Å². The Morgan fingerprint density at radius 3 is 3.09 bits per heavy atom. The lowest BCUT2D eigenvalue weighted by atomic mass is 10.0. The number of aliphatic hydroxyl groups is 1. The maximum absolute atomic E-state index is 11.9. The summed E-state index contributed by atoms with van der Waals surface area (Å²) in [5, 5.41) is 22.3. The monoisotopic (exact) mass is 338 g/mol. The molecule has 0 saturated heterocycles. The van der Waals surface area contributed by atoms with Gasteiger partial charge in [0.25, 0.3) is 0 Å². The van der Waals surface area contributed by atoms with E-state index in [0.29, 0.717) is 25.9 Å². The molecule has 6 N–H and O–H groups in total. The summed E-state index contributed by atoms with van der Waals surface area (Å²) in [7, 11) is 0. The zero-order valence-electron chi connectivity index (χ0n) is 13.4. The topological polar surface area (TPSA) is 99.4 Å². The molecule has 0 aromatic carbocycles. The van der Waals surface area contributed by atoms with Gasteiger partial charge in [-0.3, -0.25) is 5.32 Å². The average molecular weight is 338 g/mol. The molecule has 1 aliphatic heterocycles. The second kappa shape index (κ2) is 9.02. The van der Waals surface area contributed by atoms with Crippen LogP contribution in [0.2, 0.25) is 0 Å². The van der Waals surface area contributed by atoms with Gasteiger partial charge < -0.3 is 21.5 Å². The molecule has 1 aliphatic rings. The van der Waals surface area contributed by atoms with Crippen LogP contribution in [0.5, 0.6) is 0 Å². The van der Waals surface area contributed by atoms with Gasteiger partial charge in [-0.1, -0.05) is 11.6 Å². The second-order valence-corrected chi connectivity index (χ2v) is 6.83. The molecule has 2 heterocycles. The van der Waals surface area contributed by atoms with Crippen LogP contribution in [-0.4, -0.2) is 42.5 Å². The number of hydrogen-bond donors (Lipinski definition) is 5. The number of thiophene rings is 1. The fourth-order valence-electron chi connectivity index (χ4n) is 2.63. The lowest BCUT2D eigenvalue weighted by Gasteiger charge is -2.22. The first kappa shape index (κ1) is 17.9. The summed E-state index contributed by atoms with van der Waals surface area (Å²) >= 11 is 1.66. The molecular formula is C16H26N4O2S. The smallest absolute Gasteiger partial charge is 0.315 e. The SMILES string of the molecule is C[C@@H](Cc1ccsc1)NC(=O)NC[C@@H](N)CC1=CCNC(O)C1. The predicted molar refractivity (Wildman–Crippen MR) is 93.3 cm³/mol. The van der Waals surface area contributed by atoms with Crippen LogP contribution < -0.4 is 21.7 Å². The van der Waals surface area contributed by atoms with Crippen molar-refractivity contribution in [1.29, 1.82) is 0 Å². The number of carbonyl (C=O) groups excluding carboxylic acids is 1. The number of urea groups is 1. The van der Waals surface area contributed by atoms with Crippen molar-refractivity contribution in [3.8, 4) is 0 Å². The molecule has 2 amide bonds. The van der Waals surface area contributed by atoms with Gasteiger partial charge in [-0.05, 0) is 42.2 Å². The quantitative estimate of drug-likeness (QED) is 0.478. The zero-order valence-corrected chi connectivity index (χ0v) is 14.2. The summed E-state index contributed by atoms with van der Waals surface area (Å²) in [6, 6.07) is 1.80. The Morgan fingerprint density at radius 2 is 2.39 bits per heavy atom. The van der Waals surface area contributed by atoms with Gasteiger partial charge >= 0.3 is 6.03 Å². The lowest BCUT2D eigenvalue weighted by Crippen LogP contribution is -2.46. The Bertz CT molecular complexity index is 518. The Kier molecular flexibility index (Phi) is 7.04. The third-order valence-electron chi connectivity index (χ3n) is 3.75. The van der Waals surface area contributed by atoms with E-state index in [-0.39, 0.29) is 18.1 Å². The third kappa shape index (κ3) is 6.70. The van der Waals surface area contributed by atoms with Gasteiger partial charge in [0.15, 0.2) is 0 Å². The van der Waals surface area contributed by atoms with Crippen molar-refractivity contribution in [2.24, 2.45) is 5.73 Å². The average Bonchev–Trinajstić information content (AvgIpc) is 2.98. The molecule has 1 aromatic heterocycles. The maximum atomic E-state index is 11.9. The van der Waals surface area contributed by atoms with Crippen molar-refractivity contribution in [2.45, 2.75) is 44.5 Å². The molecule has 6 nitrogen and oxygen atoms in total. The minimum absolute atomic E-state index is 0.0723. The summed E-state index contributed by atoms with van der Waals surface area (Å²) in [5.41, 5.74) is 8.42. The fraction of sp³-hybridized carbons (Fsp3) is 0.562. The Labute approximate surface area is 141 Å². The van der Waals surface area contributed by atoms with Crippen LogP contribution in [0.3, 0.4) is 0 Å². The highest BCUT2D eigenvalue weighted by Crippen LogP contribution is 2.13. The van der Waals surface area contributed by atoms with Crippen LogP contribution in [-0.2, 0) is 6.42 Å². The van der Waals surface area contributed by atoms with E-state index in [9.17, 15) is 9.90 Å². The van der Waals surface area contributed by atoms with Crippen LogP contribution in [0.4, 0.5) is 4.79 Å². The summed E-state index contributed by atoms with van der Waals surface area (Å²) in [4.78, 5) is 11.9. The number of nitrogens with two attached hydrogens (primary N) is 1. The minimum atomic E-state index is -0.489. The largest absolute Gasteiger partial charge is 0.378 e. The van der Waals surface area contributed by atoms with E-state index < -0.39 is 6.23 Å². The van der Waals surface area contributed by atoms with E-state index in [1.165, 1.54) is 5.56 Å². The molecule has 1 aromatic rings. The Morgan fingerprint density at radius 1 is 1.57 bits per heavy atom. The van der Waals surface area contributed by atoms with E-state index in [1.54, 1.807) is 11.3 Å². The number of hydrogen-bond acceptors (Lipinski definition) is 5. The van der Waals surface area contributed by atoms with Gasteiger partial charge in [0.1, 0.15) is 6.23 Å². The summed E-state index contributed by atoms with van der Waals surface area (Å²) < 4.78 is 0.